The van der Waals surface area contributed by atoms with Gasteiger partial charge in [-0.05, 0) is 55.3 Å². The van der Waals surface area contributed by atoms with E-state index in [1.807, 2.05) is 31.2 Å². The lowest BCUT2D eigenvalue weighted by molar-refractivity contribution is -0.140. The van der Waals surface area contributed by atoms with E-state index in [2.05, 4.69) is 4.90 Å². The molecule has 8 heteroatoms. The molecule has 0 radical (unpaired) electrons. The Morgan fingerprint density at radius 2 is 1.80 bits per heavy atom. The van der Waals surface area contributed by atoms with E-state index in [9.17, 15) is 14.7 Å². The van der Waals surface area contributed by atoms with Gasteiger partial charge in [0.25, 0.3) is 11.7 Å². The van der Waals surface area contributed by atoms with Gasteiger partial charge in [0.05, 0.1) is 38.5 Å². The smallest absolute Gasteiger partial charge is 0.295 e. The van der Waals surface area contributed by atoms with Crippen LogP contribution in [0.4, 0.5) is 0 Å². The minimum Gasteiger partial charge on any atom is -0.507 e. The highest BCUT2D eigenvalue weighted by Crippen LogP contribution is 2.40. The van der Waals surface area contributed by atoms with E-state index in [1.165, 1.54) is 0 Å². The standard InChI is InChI=1S/C27H32N2O6/c1-3-35-22-7-4-6-20(18-22)24-23(25(30)19-8-10-21(33-2)11-9-19)26(31)27(32)29(24)13-5-12-28-14-16-34-17-15-28/h4,6-11,18,24,30H,3,5,12-17H2,1-2H3. The number of carbonyl (C=O) groups excluding carboxylic acids is 2. The molecule has 0 aromatic heterocycles. The molecule has 0 saturated carbocycles. The highest BCUT2D eigenvalue weighted by atomic mass is 16.5. The summed E-state index contributed by atoms with van der Waals surface area (Å²) >= 11 is 0. The molecule has 186 valence electrons. The molecule has 2 aromatic carbocycles. The lowest BCUT2D eigenvalue weighted by atomic mass is 9.95. The maximum Gasteiger partial charge on any atom is 0.295 e. The fourth-order valence-corrected chi connectivity index (χ4v) is 4.59. The van der Waals surface area contributed by atoms with E-state index in [4.69, 9.17) is 14.2 Å². The number of aliphatic hydroxyl groups excluding tert-OH is 1. The first kappa shape index (κ1) is 24.8. The van der Waals surface area contributed by atoms with Crippen molar-refractivity contribution in [1.82, 2.24) is 9.80 Å². The summed E-state index contributed by atoms with van der Waals surface area (Å²) < 4.78 is 16.3. The van der Waals surface area contributed by atoms with Gasteiger partial charge in [-0.3, -0.25) is 14.5 Å². The molecule has 2 fully saturated rings. The number of carbonyl (C=O) groups is 2. The average molecular weight is 481 g/mol. The Labute approximate surface area is 205 Å². The van der Waals surface area contributed by atoms with Crippen LogP contribution in [0.5, 0.6) is 11.5 Å². The SMILES string of the molecule is CCOc1cccc(C2C(=C(O)c3ccc(OC)cc3)C(=O)C(=O)N2CCCN2CCOCC2)c1. The molecular weight excluding hydrogens is 448 g/mol. The molecule has 2 aromatic rings. The molecular formula is C27H32N2O6. The molecule has 2 heterocycles. The molecule has 35 heavy (non-hydrogen) atoms. The molecule has 8 nitrogen and oxygen atoms in total. The first-order chi connectivity index (χ1) is 17.0. The topological polar surface area (TPSA) is 88.5 Å². The number of rotatable bonds is 9. The van der Waals surface area contributed by atoms with Crippen molar-refractivity contribution >= 4 is 17.4 Å². The lowest BCUT2D eigenvalue weighted by Crippen LogP contribution is -2.38. The number of methoxy groups -OCH3 is 1. The third-order valence-corrected chi connectivity index (χ3v) is 6.37. The maximum absolute atomic E-state index is 13.2. The highest BCUT2D eigenvalue weighted by Gasteiger charge is 2.46. The molecule has 0 aliphatic carbocycles. The second-order valence-electron chi connectivity index (χ2n) is 8.53. The van der Waals surface area contributed by atoms with Crippen LogP contribution in [0.25, 0.3) is 5.76 Å². The average Bonchev–Trinajstić information content (AvgIpc) is 3.14. The third-order valence-electron chi connectivity index (χ3n) is 6.37. The van der Waals surface area contributed by atoms with E-state index in [-0.39, 0.29) is 11.3 Å². The van der Waals surface area contributed by atoms with Gasteiger partial charge in [-0.25, -0.2) is 0 Å². The van der Waals surface area contributed by atoms with Crippen molar-refractivity contribution < 1.29 is 28.9 Å². The van der Waals surface area contributed by atoms with E-state index in [0.717, 1.165) is 25.2 Å². The van der Waals surface area contributed by atoms with Crippen LogP contribution >= 0.6 is 0 Å². The minimum atomic E-state index is -0.706. The van der Waals surface area contributed by atoms with Crippen LogP contribution in [0.15, 0.2) is 54.1 Å². The fourth-order valence-electron chi connectivity index (χ4n) is 4.59. The zero-order valence-corrected chi connectivity index (χ0v) is 20.2. The summed E-state index contributed by atoms with van der Waals surface area (Å²) in [6.07, 6.45) is 0.706. The summed E-state index contributed by atoms with van der Waals surface area (Å²) in [5.41, 5.74) is 1.25. The molecule has 1 amide bonds. The number of benzene rings is 2. The van der Waals surface area contributed by atoms with Crippen LogP contribution < -0.4 is 9.47 Å². The summed E-state index contributed by atoms with van der Waals surface area (Å²) in [7, 11) is 1.56. The van der Waals surface area contributed by atoms with Crippen molar-refractivity contribution in [3.63, 3.8) is 0 Å². The Bertz CT molecular complexity index is 1080. The van der Waals surface area contributed by atoms with Crippen LogP contribution in [0.1, 0.15) is 30.5 Å². The number of likely N-dealkylation sites (tertiary alicyclic amines) is 1. The third kappa shape index (κ3) is 5.49. The number of hydrogen-bond acceptors (Lipinski definition) is 7. The molecule has 2 saturated heterocycles. The van der Waals surface area contributed by atoms with Crippen molar-refractivity contribution in [2.45, 2.75) is 19.4 Å². The number of aliphatic hydroxyl groups is 1. The Balaban J connectivity index is 1.68. The van der Waals surface area contributed by atoms with Gasteiger partial charge >= 0.3 is 0 Å². The molecule has 2 aliphatic rings. The first-order valence-electron chi connectivity index (χ1n) is 12.0. The second-order valence-corrected chi connectivity index (χ2v) is 8.53. The number of ketones is 1. The molecule has 1 atom stereocenters. The zero-order chi connectivity index (χ0) is 24.8. The van der Waals surface area contributed by atoms with Crippen molar-refractivity contribution in [3.05, 3.63) is 65.2 Å². The van der Waals surface area contributed by atoms with Gasteiger partial charge in [0.1, 0.15) is 17.3 Å². The number of amides is 1. The van der Waals surface area contributed by atoms with Gasteiger partial charge in [0, 0.05) is 31.7 Å². The molecule has 4 rings (SSSR count). The summed E-state index contributed by atoms with van der Waals surface area (Å²) in [5, 5.41) is 11.2. The minimum absolute atomic E-state index is 0.0835. The predicted molar refractivity (Wildman–Crippen MR) is 131 cm³/mol. The van der Waals surface area contributed by atoms with Crippen LogP contribution in [-0.4, -0.2) is 79.7 Å². The number of ether oxygens (including phenoxy) is 3. The van der Waals surface area contributed by atoms with E-state index in [0.29, 0.717) is 49.8 Å². The molecule has 0 spiro atoms. The Morgan fingerprint density at radius 1 is 1.06 bits per heavy atom. The largest absolute Gasteiger partial charge is 0.507 e. The van der Waals surface area contributed by atoms with Gasteiger partial charge < -0.3 is 24.2 Å². The number of morpholine rings is 1. The van der Waals surface area contributed by atoms with Crippen molar-refractivity contribution in [3.8, 4) is 11.5 Å². The monoisotopic (exact) mass is 480 g/mol. The number of Topliss-reactive ketones (excluding diaryl/α,β-unsaturated/α-hetero) is 1. The van der Waals surface area contributed by atoms with Crippen LogP contribution in [0.3, 0.4) is 0 Å². The predicted octanol–water partition coefficient (Wildman–Crippen LogP) is 3.24. The molecule has 1 unspecified atom stereocenters. The van der Waals surface area contributed by atoms with E-state index in [1.54, 1.807) is 36.3 Å². The lowest BCUT2D eigenvalue weighted by Gasteiger charge is -2.29. The van der Waals surface area contributed by atoms with Crippen molar-refractivity contribution in [2.75, 3.05) is 53.1 Å². The van der Waals surface area contributed by atoms with Crippen molar-refractivity contribution in [1.29, 1.82) is 0 Å². The Kier molecular flexibility index (Phi) is 8.05. The van der Waals surface area contributed by atoms with Gasteiger partial charge in [0.2, 0.25) is 0 Å². The second kappa shape index (κ2) is 11.4. The van der Waals surface area contributed by atoms with E-state index < -0.39 is 17.7 Å². The van der Waals surface area contributed by atoms with Crippen LogP contribution in [-0.2, 0) is 14.3 Å². The Morgan fingerprint density at radius 3 is 2.49 bits per heavy atom. The van der Waals surface area contributed by atoms with Gasteiger partial charge in [-0.1, -0.05) is 12.1 Å². The maximum atomic E-state index is 13.2. The van der Waals surface area contributed by atoms with Gasteiger partial charge in [0.15, 0.2) is 0 Å². The first-order valence-corrected chi connectivity index (χ1v) is 12.0. The molecule has 2 aliphatic heterocycles. The zero-order valence-electron chi connectivity index (χ0n) is 20.2. The summed E-state index contributed by atoms with van der Waals surface area (Å²) in [6, 6.07) is 13.4. The van der Waals surface area contributed by atoms with Gasteiger partial charge in [-0.2, -0.15) is 0 Å². The van der Waals surface area contributed by atoms with Gasteiger partial charge in [-0.15, -0.1) is 0 Å². The van der Waals surface area contributed by atoms with Crippen LogP contribution in [0, 0.1) is 0 Å². The number of hydrogen-bond donors (Lipinski definition) is 1. The summed E-state index contributed by atoms with van der Waals surface area (Å²) in [5.74, 6) is -0.210. The normalized spacial score (nSPS) is 20.3. The van der Waals surface area contributed by atoms with Crippen molar-refractivity contribution in [2.24, 2.45) is 0 Å². The Hall–Kier alpha value is -3.36. The summed E-state index contributed by atoms with van der Waals surface area (Å²) in [6.45, 7) is 6.71. The number of nitrogens with zero attached hydrogens (tertiary/aromatic N) is 2. The summed E-state index contributed by atoms with van der Waals surface area (Å²) in [4.78, 5) is 30.3. The highest BCUT2D eigenvalue weighted by molar-refractivity contribution is 6.46. The fraction of sp³-hybridized carbons (Fsp3) is 0.407. The van der Waals surface area contributed by atoms with Crippen LogP contribution in [0.2, 0.25) is 0 Å². The molecule has 0 bridgehead atoms. The van der Waals surface area contributed by atoms with E-state index >= 15 is 0 Å². The molecule has 1 N–H and O–H groups in total. The quantitative estimate of drug-likeness (QED) is 0.335.